The first-order chi connectivity index (χ1) is 5.84. The zero-order valence-corrected chi connectivity index (χ0v) is 7.51. The molecule has 2 amide bonds. The van der Waals surface area contributed by atoms with Crippen LogP contribution in [0.25, 0.3) is 0 Å². The molecular formula is C8H16N2O2. The minimum absolute atomic E-state index is 0.0670. The second-order valence-electron chi connectivity index (χ2n) is 2.92. The number of methoxy groups -OCH3 is 1. The summed E-state index contributed by atoms with van der Waals surface area (Å²) >= 11 is 0. The standard InChI is InChI=1S/C8H16N2O2/c1-12-7-3-6-10-5-2-4-9-8(10)11/h2-7H2,1H3,(H,9,11). The van der Waals surface area contributed by atoms with Crippen LogP contribution in [0.1, 0.15) is 12.8 Å². The first-order valence-corrected chi connectivity index (χ1v) is 4.36. The van der Waals surface area contributed by atoms with Crippen molar-refractivity contribution in [1.29, 1.82) is 0 Å². The Bertz CT molecular complexity index is 150. The number of nitrogens with zero attached hydrogens (tertiary/aromatic N) is 1. The quantitative estimate of drug-likeness (QED) is 0.625. The minimum Gasteiger partial charge on any atom is -0.385 e. The van der Waals surface area contributed by atoms with Crippen molar-refractivity contribution in [3.05, 3.63) is 0 Å². The van der Waals surface area contributed by atoms with E-state index in [0.717, 1.165) is 39.1 Å². The van der Waals surface area contributed by atoms with E-state index in [-0.39, 0.29) is 6.03 Å². The molecule has 1 aliphatic rings. The molecule has 1 rings (SSSR count). The van der Waals surface area contributed by atoms with Gasteiger partial charge in [-0.2, -0.15) is 0 Å². The third kappa shape index (κ3) is 2.70. The van der Waals surface area contributed by atoms with Gasteiger partial charge in [0.25, 0.3) is 0 Å². The van der Waals surface area contributed by atoms with Crippen LogP contribution in [0.3, 0.4) is 0 Å². The smallest absolute Gasteiger partial charge is 0.317 e. The van der Waals surface area contributed by atoms with Gasteiger partial charge >= 0.3 is 6.03 Å². The minimum atomic E-state index is 0.0670. The molecule has 0 aromatic carbocycles. The fourth-order valence-electron chi connectivity index (χ4n) is 1.29. The molecule has 0 aromatic rings. The molecule has 0 spiro atoms. The first-order valence-electron chi connectivity index (χ1n) is 4.36. The second-order valence-corrected chi connectivity index (χ2v) is 2.92. The zero-order chi connectivity index (χ0) is 8.81. The van der Waals surface area contributed by atoms with E-state index in [4.69, 9.17) is 4.74 Å². The number of rotatable bonds is 4. The number of nitrogens with one attached hydrogen (secondary N) is 1. The van der Waals surface area contributed by atoms with Crippen LogP contribution in [-0.4, -0.2) is 44.3 Å². The predicted octanol–water partition coefficient (Wildman–Crippen LogP) is 0.438. The van der Waals surface area contributed by atoms with Crippen LogP contribution in [0.2, 0.25) is 0 Å². The van der Waals surface area contributed by atoms with Crippen LogP contribution in [-0.2, 0) is 4.74 Å². The summed E-state index contributed by atoms with van der Waals surface area (Å²) in [7, 11) is 1.68. The Hall–Kier alpha value is -0.770. The number of carbonyl (C=O) groups is 1. The fraction of sp³-hybridized carbons (Fsp3) is 0.875. The lowest BCUT2D eigenvalue weighted by molar-refractivity contribution is 0.161. The van der Waals surface area contributed by atoms with Gasteiger partial charge in [0, 0.05) is 33.4 Å². The average molecular weight is 172 g/mol. The second kappa shape index (κ2) is 4.98. The highest BCUT2D eigenvalue weighted by atomic mass is 16.5. The lowest BCUT2D eigenvalue weighted by Gasteiger charge is -2.27. The Morgan fingerprint density at radius 2 is 2.50 bits per heavy atom. The molecule has 70 valence electrons. The van der Waals surface area contributed by atoms with Gasteiger partial charge in [-0.3, -0.25) is 0 Å². The summed E-state index contributed by atoms with van der Waals surface area (Å²) in [6, 6.07) is 0.0670. The van der Waals surface area contributed by atoms with E-state index in [0.29, 0.717) is 0 Å². The lowest BCUT2D eigenvalue weighted by Crippen LogP contribution is -2.46. The number of hydrogen-bond donors (Lipinski definition) is 1. The maximum absolute atomic E-state index is 11.2. The summed E-state index contributed by atoms with van der Waals surface area (Å²) in [6.45, 7) is 3.23. The molecule has 1 N–H and O–H groups in total. The Morgan fingerprint density at radius 3 is 3.17 bits per heavy atom. The van der Waals surface area contributed by atoms with E-state index in [1.807, 2.05) is 4.90 Å². The van der Waals surface area contributed by atoms with Crippen molar-refractivity contribution in [1.82, 2.24) is 10.2 Å². The number of carbonyl (C=O) groups excluding carboxylic acids is 1. The van der Waals surface area contributed by atoms with Crippen LogP contribution >= 0.6 is 0 Å². The third-order valence-electron chi connectivity index (χ3n) is 1.94. The summed E-state index contributed by atoms with van der Waals surface area (Å²) < 4.78 is 4.91. The summed E-state index contributed by atoms with van der Waals surface area (Å²) in [5.74, 6) is 0. The Morgan fingerprint density at radius 1 is 1.67 bits per heavy atom. The molecule has 0 radical (unpaired) electrons. The largest absolute Gasteiger partial charge is 0.385 e. The van der Waals surface area contributed by atoms with Crippen LogP contribution in [0.4, 0.5) is 4.79 Å². The van der Waals surface area contributed by atoms with Crippen molar-refractivity contribution in [2.24, 2.45) is 0 Å². The van der Waals surface area contributed by atoms with Gasteiger partial charge in [-0.25, -0.2) is 4.79 Å². The molecular weight excluding hydrogens is 156 g/mol. The lowest BCUT2D eigenvalue weighted by atomic mass is 10.3. The van der Waals surface area contributed by atoms with Crippen LogP contribution in [0, 0.1) is 0 Å². The first kappa shape index (κ1) is 9.32. The highest BCUT2D eigenvalue weighted by Crippen LogP contribution is 1.99. The Balaban J connectivity index is 2.16. The van der Waals surface area contributed by atoms with Crippen molar-refractivity contribution in [3.8, 4) is 0 Å². The van der Waals surface area contributed by atoms with E-state index in [2.05, 4.69) is 5.32 Å². The maximum Gasteiger partial charge on any atom is 0.317 e. The van der Waals surface area contributed by atoms with Crippen LogP contribution in [0.5, 0.6) is 0 Å². The van der Waals surface area contributed by atoms with Crippen molar-refractivity contribution >= 4 is 6.03 Å². The van der Waals surface area contributed by atoms with E-state index in [9.17, 15) is 4.79 Å². The summed E-state index contributed by atoms with van der Waals surface area (Å²) in [6.07, 6.45) is 1.97. The predicted molar refractivity (Wildman–Crippen MR) is 46.1 cm³/mol. The van der Waals surface area contributed by atoms with Crippen molar-refractivity contribution in [2.75, 3.05) is 33.4 Å². The molecule has 0 bridgehead atoms. The summed E-state index contributed by atoms with van der Waals surface area (Å²) in [4.78, 5) is 13.0. The van der Waals surface area contributed by atoms with E-state index >= 15 is 0 Å². The number of ether oxygens (including phenoxy) is 1. The van der Waals surface area contributed by atoms with Gasteiger partial charge in [0.15, 0.2) is 0 Å². The van der Waals surface area contributed by atoms with Crippen molar-refractivity contribution in [3.63, 3.8) is 0 Å². The molecule has 0 atom stereocenters. The fourth-order valence-corrected chi connectivity index (χ4v) is 1.29. The molecule has 1 heterocycles. The van der Waals surface area contributed by atoms with E-state index in [1.54, 1.807) is 7.11 Å². The molecule has 1 aliphatic heterocycles. The van der Waals surface area contributed by atoms with E-state index < -0.39 is 0 Å². The zero-order valence-electron chi connectivity index (χ0n) is 7.51. The molecule has 1 fully saturated rings. The number of hydrogen-bond acceptors (Lipinski definition) is 2. The molecule has 1 saturated heterocycles. The highest BCUT2D eigenvalue weighted by molar-refractivity contribution is 5.74. The Labute approximate surface area is 72.9 Å². The topological polar surface area (TPSA) is 41.6 Å². The number of amides is 2. The summed E-state index contributed by atoms with van der Waals surface area (Å²) in [5.41, 5.74) is 0. The molecule has 0 aliphatic carbocycles. The van der Waals surface area contributed by atoms with Gasteiger partial charge in [0.05, 0.1) is 0 Å². The van der Waals surface area contributed by atoms with Gasteiger partial charge in [-0.05, 0) is 12.8 Å². The molecule has 0 aromatic heterocycles. The van der Waals surface area contributed by atoms with Gasteiger partial charge < -0.3 is 15.0 Å². The molecule has 4 heteroatoms. The molecule has 0 unspecified atom stereocenters. The van der Waals surface area contributed by atoms with Gasteiger partial charge in [0.1, 0.15) is 0 Å². The van der Waals surface area contributed by atoms with Crippen LogP contribution < -0.4 is 5.32 Å². The molecule has 12 heavy (non-hydrogen) atoms. The molecule has 4 nitrogen and oxygen atoms in total. The van der Waals surface area contributed by atoms with Gasteiger partial charge in [-0.15, -0.1) is 0 Å². The normalized spacial score (nSPS) is 17.8. The summed E-state index contributed by atoms with van der Waals surface area (Å²) in [5, 5.41) is 2.81. The van der Waals surface area contributed by atoms with Crippen LogP contribution in [0.15, 0.2) is 0 Å². The monoisotopic (exact) mass is 172 g/mol. The van der Waals surface area contributed by atoms with Gasteiger partial charge in [0.2, 0.25) is 0 Å². The third-order valence-corrected chi connectivity index (χ3v) is 1.94. The highest BCUT2D eigenvalue weighted by Gasteiger charge is 2.15. The maximum atomic E-state index is 11.2. The van der Waals surface area contributed by atoms with E-state index in [1.165, 1.54) is 0 Å². The number of urea groups is 1. The SMILES string of the molecule is COCCCN1CCCNC1=O. The van der Waals surface area contributed by atoms with Gasteiger partial charge in [-0.1, -0.05) is 0 Å². The van der Waals surface area contributed by atoms with Crippen molar-refractivity contribution in [2.45, 2.75) is 12.8 Å². The molecule has 0 saturated carbocycles. The Kier molecular flexibility index (Phi) is 3.87. The van der Waals surface area contributed by atoms with Crippen molar-refractivity contribution < 1.29 is 9.53 Å². The average Bonchev–Trinajstić information content (AvgIpc) is 2.09.